The average molecular weight is 419 g/mol. The Bertz CT molecular complexity index is 1170. The number of aryl methyl sites for hydroxylation is 2. The maximum absolute atomic E-state index is 13.1. The molecule has 1 N–H and O–H groups in total. The molecule has 1 aliphatic rings. The molecule has 5 nitrogen and oxygen atoms in total. The van der Waals surface area contributed by atoms with Gasteiger partial charge in [0, 0.05) is 28.7 Å². The Kier molecular flexibility index (Phi) is 5.14. The molecule has 2 aromatic carbocycles. The molecule has 0 radical (unpaired) electrons. The van der Waals surface area contributed by atoms with Gasteiger partial charge in [-0.2, -0.15) is 0 Å². The minimum absolute atomic E-state index is 0.0218. The van der Waals surface area contributed by atoms with Gasteiger partial charge >= 0.3 is 0 Å². The Hall–Kier alpha value is -3.44. The smallest absolute Gasteiger partial charge is 0.300 e. The van der Waals surface area contributed by atoms with Crippen LogP contribution in [0.5, 0.6) is 0 Å². The van der Waals surface area contributed by atoms with Gasteiger partial charge in [-0.3, -0.25) is 19.5 Å². The maximum atomic E-state index is 13.1. The second-order valence-corrected chi connectivity index (χ2v) is 7.66. The van der Waals surface area contributed by atoms with E-state index in [1.165, 1.54) is 4.90 Å². The standard InChI is InChI=1S/C24H19ClN2O3/c1-14-5-8-16(9-6-14)22(28)20-21(17-4-3-11-26-13-17)27(24(30)23(20)29)18-10-7-15(2)19(25)12-18/h3-13,21,28H,1-2H3/b22-20+. The van der Waals surface area contributed by atoms with Gasteiger partial charge in [0.1, 0.15) is 5.76 Å². The molecule has 1 saturated heterocycles. The number of ketones is 1. The summed E-state index contributed by atoms with van der Waals surface area (Å²) in [5.41, 5.74) is 3.45. The van der Waals surface area contributed by atoms with E-state index in [0.717, 1.165) is 11.1 Å². The summed E-state index contributed by atoms with van der Waals surface area (Å²) in [4.78, 5) is 31.6. The Morgan fingerprint density at radius 2 is 1.80 bits per heavy atom. The molecule has 1 unspecified atom stereocenters. The van der Waals surface area contributed by atoms with Crippen LogP contribution in [0.4, 0.5) is 5.69 Å². The summed E-state index contributed by atoms with van der Waals surface area (Å²) in [5, 5.41) is 11.5. The largest absolute Gasteiger partial charge is 0.507 e. The number of nitrogens with zero attached hydrogens (tertiary/aromatic N) is 2. The topological polar surface area (TPSA) is 70.5 Å². The van der Waals surface area contributed by atoms with Gasteiger partial charge < -0.3 is 5.11 Å². The highest BCUT2D eigenvalue weighted by atomic mass is 35.5. The monoisotopic (exact) mass is 418 g/mol. The molecule has 30 heavy (non-hydrogen) atoms. The molecule has 1 amide bonds. The van der Waals surface area contributed by atoms with Crippen molar-refractivity contribution in [2.24, 2.45) is 0 Å². The Labute approximate surface area is 179 Å². The van der Waals surface area contributed by atoms with Gasteiger partial charge in [-0.25, -0.2) is 0 Å². The SMILES string of the molecule is Cc1ccc(/C(O)=C2\C(=O)C(=O)N(c3ccc(C)c(Cl)c3)C2c2cccnc2)cc1. The fourth-order valence-electron chi connectivity index (χ4n) is 3.55. The molecule has 2 heterocycles. The summed E-state index contributed by atoms with van der Waals surface area (Å²) in [6.45, 7) is 3.79. The highest BCUT2D eigenvalue weighted by molar-refractivity contribution is 6.51. The third-order valence-electron chi connectivity index (χ3n) is 5.20. The van der Waals surface area contributed by atoms with Gasteiger partial charge in [-0.05, 0) is 43.2 Å². The molecular formula is C24H19ClN2O3. The fraction of sp³-hybridized carbons (Fsp3) is 0.125. The lowest BCUT2D eigenvalue weighted by atomic mass is 9.96. The van der Waals surface area contributed by atoms with Gasteiger partial charge in [0.25, 0.3) is 11.7 Å². The van der Waals surface area contributed by atoms with Gasteiger partial charge in [0.15, 0.2) is 0 Å². The molecular weight excluding hydrogens is 400 g/mol. The zero-order valence-corrected chi connectivity index (χ0v) is 17.2. The van der Waals surface area contributed by atoms with Gasteiger partial charge in [0.2, 0.25) is 0 Å². The van der Waals surface area contributed by atoms with E-state index < -0.39 is 17.7 Å². The van der Waals surface area contributed by atoms with Crippen molar-refractivity contribution in [3.05, 3.63) is 99.8 Å². The van der Waals surface area contributed by atoms with Crippen LogP contribution in [0.3, 0.4) is 0 Å². The molecule has 6 heteroatoms. The van der Waals surface area contributed by atoms with Gasteiger partial charge in [-0.1, -0.05) is 53.6 Å². The number of hydrogen-bond donors (Lipinski definition) is 1. The fourth-order valence-corrected chi connectivity index (χ4v) is 3.73. The van der Waals surface area contributed by atoms with Crippen LogP contribution in [0.15, 0.2) is 72.6 Å². The lowest BCUT2D eigenvalue weighted by molar-refractivity contribution is -0.132. The van der Waals surface area contributed by atoms with Crippen molar-refractivity contribution < 1.29 is 14.7 Å². The molecule has 3 aromatic rings. The Morgan fingerprint density at radius 1 is 1.07 bits per heavy atom. The molecule has 1 aromatic heterocycles. The lowest BCUT2D eigenvalue weighted by Crippen LogP contribution is -2.29. The van der Waals surface area contributed by atoms with Crippen LogP contribution in [0.2, 0.25) is 5.02 Å². The predicted octanol–water partition coefficient (Wildman–Crippen LogP) is 4.98. The molecule has 0 aliphatic carbocycles. The van der Waals surface area contributed by atoms with E-state index in [0.29, 0.717) is 21.8 Å². The zero-order chi connectivity index (χ0) is 21.4. The number of aliphatic hydroxyl groups is 1. The average Bonchev–Trinajstić information content (AvgIpc) is 3.01. The number of rotatable bonds is 3. The van der Waals surface area contributed by atoms with Crippen molar-refractivity contribution in [2.45, 2.75) is 19.9 Å². The van der Waals surface area contributed by atoms with E-state index >= 15 is 0 Å². The van der Waals surface area contributed by atoms with E-state index in [2.05, 4.69) is 4.98 Å². The second kappa shape index (κ2) is 7.76. The van der Waals surface area contributed by atoms with Gasteiger partial charge in [0.05, 0.1) is 11.6 Å². The van der Waals surface area contributed by atoms with E-state index in [1.54, 1.807) is 54.9 Å². The number of carbonyl (C=O) groups is 2. The number of aromatic nitrogens is 1. The zero-order valence-electron chi connectivity index (χ0n) is 16.5. The summed E-state index contributed by atoms with van der Waals surface area (Å²) in [6.07, 6.45) is 3.19. The van der Waals surface area contributed by atoms with Gasteiger partial charge in [-0.15, -0.1) is 0 Å². The molecule has 0 saturated carbocycles. The summed E-state index contributed by atoms with van der Waals surface area (Å²) in [6, 6.07) is 15.0. The number of carbonyl (C=O) groups excluding carboxylic acids is 2. The highest BCUT2D eigenvalue weighted by Crippen LogP contribution is 2.42. The molecule has 1 aliphatic heterocycles. The third-order valence-corrected chi connectivity index (χ3v) is 5.61. The molecule has 150 valence electrons. The molecule has 0 bridgehead atoms. The quantitative estimate of drug-likeness (QED) is 0.370. The predicted molar refractivity (Wildman–Crippen MR) is 116 cm³/mol. The first kappa shape index (κ1) is 19.9. The first-order chi connectivity index (χ1) is 14.4. The number of pyridine rings is 1. The van der Waals surface area contributed by atoms with E-state index in [1.807, 2.05) is 26.0 Å². The molecule has 4 rings (SSSR count). The lowest BCUT2D eigenvalue weighted by Gasteiger charge is -2.25. The first-order valence-corrected chi connectivity index (χ1v) is 9.80. The van der Waals surface area contributed by atoms with E-state index in [4.69, 9.17) is 11.6 Å². The number of amides is 1. The first-order valence-electron chi connectivity index (χ1n) is 9.42. The normalized spacial score (nSPS) is 18.1. The van der Waals surface area contributed by atoms with Crippen LogP contribution in [0.25, 0.3) is 5.76 Å². The summed E-state index contributed by atoms with van der Waals surface area (Å²) >= 11 is 6.28. The number of Topliss-reactive ketones (excluding diaryl/α,β-unsaturated/α-hetero) is 1. The van der Waals surface area contributed by atoms with Crippen LogP contribution in [-0.2, 0) is 9.59 Å². The van der Waals surface area contributed by atoms with Crippen LogP contribution in [0.1, 0.15) is 28.3 Å². The van der Waals surface area contributed by atoms with E-state index in [-0.39, 0.29) is 11.3 Å². The summed E-state index contributed by atoms with van der Waals surface area (Å²) in [5.74, 6) is -1.70. The van der Waals surface area contributed by atoms with Crippen molar-refractivity contribution in [1.82, 2.24) is 4.98 Å². The van der Waals surface area contributed by atoms with Crippen LogP contribution >= 0.6 is 11.6 Å². The summed E-state index contributed by atoms with van der Waals surface area (Å²) in [7, 11) is 0. The van der Waals surface area contributed by atoms with Crippen molar-refractivity contribution in [1.29, 1.82) is 0 Å². The number of aliphatic hydroxyl groups excluding tert-OH is 1. The van der Waals surface area contributed by atoms with Crippen molar-refractivity contribution in [2.75, 3.05) is 4.90 Å². The molecule has 0 spiro atoms. The number of anilines is 1. The Balaban J connectivity index is 1.94. The minimum Gasteiger partial charge on any atom is -0.507 e. The molecule has 1 fully saturated rings. The Morgan fingerprint density at radius 3 is 2.43 bits per heavy atom. The number of benzene rings is 2. The van der Waals surface area contributed by atoms with Crippen molar-refractivity contribution in [3.8, 4) is 0 Å². The summed E-state index contributed by atoms with van der Waals surface area (Å²) < 4.78 is 0. The molecule has 1 atom stereocenters. The maximum Gasteiger partial charge on any atom is 0.300 e. The van der Waals surface area contributed by atoms with E-state index in [9.17, 15) is 14.7 Å². The van der Waals surface area contributed by atoms with Crippen LogP contribution < -0.4 is 4.90 Å². The second-order valence-electron chi connectivity index (χ2n) is 7.25. The van der Waals surface area contributed by atoms with Crippen molar-refractivity contribution in [3.63, 3.8) is 0 Å². The third kappa shape index (κ3) is 3.37. The van der Waals surface area contributed by atoms with Crippen LogP contribution in [0, 0.1) is 13.8 Å². The van der Waals surface area contributed by atoms with Crippen molar-refractivity contribution >= 4 is 34.7 Å². The number of hydrogen-bond acceptors (Lipinski definition) is 4. The van der Waals surface area contributed by atoms with Crippen LogP contribution in [-0.4, -0.2) is 21.8 Å². The highest BCUT2D eigenvalue weighted by Gasteiger charge is 2.47. The minimum atomic E-state index is -0.821. The number of halogens is 1.